The molecular weight excluding hydrogens is 364 g/mol. The van der Waals surface area contributed by atoms with Gasteiger partial charge in [0.2, 0.25) is 5.82 Å². The average molecular weight is 380 g/mol. The van der Waals surface area contributed by atoms with E-state index in [2.05, 4.69) is 41.0 Å². The van der Waals surface area contributed by atoms with Crippen LogP contribution in [-0.4, -0.2) is 43.0 Å². The van der Waals surface area contributed by atoms with Crippen LogP contribution < -0.4 is 10.6 Å². The van der Waals surface area contributed by atoms with Crippen molar-refractivity contribution in [1.82, 2.24) is 35.3 Å². The third kappa shape index (κ3) is 2.96. The molecule has 0 saturated carbocycles. The minimum absolute atomic E-state index is 0.262. The average Bonchev–Trinajstić information content (AvgIpc) is 3.34. The molecule has 27 heavy (non-hydrogen) atoms. The zero-order chi connectivity index (χ0) is 18.2. The highest BCUT2D eigenvalue weighted by Gasteiger charge is 2.20. The molecule has 11 heteroatoms. The molecule has 4 aromatic heterocycles. The second-order valence-corrected chi connectivity index (χ2v) is 7.44. The Morgan fingerprint density at radius 2 is 2.26 bits per heavy atom. The molecule has 0 radical (unpaired) electrons. The van der Waals surface area contributed by atoms with E-state index in [-0.39, 0.29) is 5.82 Å². The number of fused-ring (bicyclic) bond motifs is 1. The van der Waals surface area contributed by atoms with Gasteiger partial charge in [0.1, 0.15) is 0 Å². The maximum Gasteiger partial charge on any atom is 0.216 e. The number of nitrogens with zero attached hydrogens (tertiary/aromatic N) is 6. The normalized spacial score (nSPS) is 14.4. The summed E-state index contributed by atoms with van der Waals surface area (Å²) in [5.74, 6) is 0.744. The van der Waals surface area contributed by atoms with Crippen LogP contribution in [0.15, 0.2) is 36.0 Å². The van der Waals surface area contributed by atoms with Crippen LogP contribution >= 0.6 is 11.3 Å². The molecule has 10 nitrogen and oxygen atoms in total. The van der Waals surface area contributed by atoms with Gasteiger partial charge in [-0.15, -0.1) is 16.5 Å². The summed E-state index contributed by atoms with van der Waals surface area (Å²) in [6.07, 6.45) is 7.20. The lowest BCUT2D eigenvalue weighted by Crippen LogP contribution is -2.43. The summed E-state index contributed by atoms with van der Waals surface area (Å²) in [4.78, 5) is 10.0. The lowest BCUT2D eigenvalue weighted by atomic mass is 10.2. The Morgan fingerprint density at radius 3 is 3.04 bits per heavy atom. The van der Waals surface area contributed by atoms with E-state index in [1.54, 1.807) is 23.7 Å². The number of rotatable bonds is 6. The highest BCUT2D eigenvalue weighted by atomic mass is 32.1. The molecule has 1 aliphatic heterocycles. The molecule has 0 aliphatic carbocycles. The van der Waals surface area contributed by atoms with Crippen molar-refractivity contribution in [3.8, 4) is 11.3 Å². The van der Waals surface area contributed by atoms with E-state index in [4.69, 9.17) is 5.53 Å². The van der Waals surface area contributed by atoms with Crippen molar-refractivity contribution in [1.29, 1.82) is 5.53 Å². The van der Waals surface area contributed by atoms with E-state index in [1.807, 2.05) is 23.1 Å². The first-order chi connectivity index (χ1) is 13.3. The third-order valence-corrected chi connectivity index (χ3v) is 5.57. The zero-order valence-electron chi connectivity index (χ0n) is 14.2. The number of nitrogens with one attached hydrogen (secondary N) is 4. The molecule has 4 N–H and O–H groups in total. The van der Waals surface area contributed by atoms with Crippen molar-refractivity contribution in [2.75, 3.05) is 18.4 Å². The van der Waals surface area contributed by atoms with Gasteiger partial charge in [0.25, 0.3) is 0 Å². The van der Waals surface area contributed by atoms with Crippen LogP contribution in [0.1, 0.15) is 10.9 Å². The summed E-state index contributed by atoms with van der Waals surface area (Å²) < 4.78 is 3.06. The largest absolute Gasteiger partial charge is 0.362 e. The van der Waals surface area contributed by atoms with Gasteiger partial charge in [-0.3, -0.25) is 9.78 Å². The smallest absolute Gasteiger partial charge is 0.216 e. The summed E-state index contributed by atoms with van der Waals surface area (Å²) in [6, 6.07) is 2.44. The number of aromatic amines is 1. The van der Waals surface area contributed by atoms with Crippen LogP contribution in [0.4, 0.5) is 11.6 Å². The van der Waals surface area contributed by atoms with E-state index in [1.165, 1.54) is 0 Å². The molecule has 0 atom stereocenters. The fourth-order valence-electron chi connectivity index (χ4n) is 2.91. The van der Waals surface area contributed by atoms with Crippen molar-refractivity contribution < 1.29 is 0 Å². The Kier molecular flexibility index (Phi) is 3.87. The van der Waals surface area contributed by atoms with E-state index < -0.39 is 0 Å². The lowest BCUT2D eigenvalue weighted by molar-refractivity contribution is 0.318. The minimum Gasteiger partial charge on any atom is -0.362 e. The van der Waals surface area contributed by atoms with Crippen molar-refractivity contribution >= 4 is 33.2 Å². The monoisotopic (exact) mass is 380 g/mol. The first-order valence-electron chi connectivity index (χ1n) is 8.45. The molecule has 5 rings (SSSR count). The highest BCUT2D eigenvalue weighted by molar-refractivity contribution is 7.19. The third-order valence-electron chi connectivity index (χ3n) is 4.50. The van der Waals surface area contributed by atoms with E-state index in [0.29, 0.717) is 24.1 Å². The highest BCUT2D eigenvalue weighted by Crippen LogP contribution is 2.28. The number of hydrogen-bond acceptors (Lipinski definition) is 9. The van der Waals surface area contributed by atoms with Crippen LogP contribution in [0.5, 0.6) is 0 Å². The first-order valence-corrected chi connectivity index (χ1v) is 9.27. The molecule has 5 heterocycles. The lowest BCUT2D eigenvalue weighted by Gasteiger charge is -2.27. The maximum atomic E-state index is 7.35. The van der Waals surface area contributed by atoms with E-state index >= 15 is 0 Å². The number of thiophene rings is 1. The van der Waals surface area contributed by atoms with Gasteiger partial charge in [0.05, 0.1) is 47.1 Å². The Labute approximate surface area is 157 Å². The predicted molar refractivity (Wildman–Crippen MR) is 101 cm³/mol. The second kappa shape index (κ2) is 6.52. The maximum absolute atomic E-state index is 7.35. The predicted octanol–water partition coefficient (Wildman–Crippen LogP) is 2.70. The molecule has 1 saturated heterocycles. The Balaban J connectivity index is 1.38. The standard InChI is InChI=1S/C16H16N10S/c17-24-16-15(19-5-11-1-12-14(27-11)7-21-25-12)23-13(6-20-16)9-2-22-26(8-9)10-3-18-4-10/h1-2,6-8,10,17-18H,3-5H2,(H,19,23)(H,21,25). The molecule has 0 aromatic carbocycles. The van der Waals surface area contributed by atoms with Crippen molar-refractivity contribution in [2.24, 2.45) is 5.11 Å². The van der Waals surface area contributed by atoms with Gasteiger partial charge in [-0.25, -0.2) is 15.5 Å². The molecule has 1 fully saturated rings. The van der Waals surface area contributed by atoms with Gasteiger partial charge in [0.15, 0.2) is 5.82 Å². The molecule has 0 amide bonds. The summed E-state index contributed by atoms with van der Waals surface area (Å²) in [5.41, 5.74) is 9.95. The van der Waals surface area contributed by atoms with Crippen molar-refractivity contribution in [3.63, 3.8) is 0 Å². The van der Waals surface area contributed by atoms with E-state index in [0.717, 1.165) is 33.7 Å². The minimum atomic E-state index is 0.262. The molecule has 136 valence electrons. The quantitative estimate of drug-likeness (QED) is 0.380. The first kappa shape index (κ1) is 16.0. The van der Waals surface area contributed by atoms with Gasteiger partial charge >= 0.3 is 0 Å². The Morgan fingerprint density at radius 1 is 1.33 bits per heavy atom. The number of H-pyrrole nitrogens is 1. The van der Waals surface area contributed by atoms with Gasteiger partial charge in [-0.2, -0.15) is 10.2 Å². The van der Waals surface area contributed by atoms with Crippen molar-refractivity contribution in [2.45, 2.75) is 12.6 Å². The van der Waals surface area contributed by atoms with Crippen molar-refractivity contribution in [3.05, 3.63) is 35.7 Å². The molecule has 4 aromatic rings. The fraction of sp³-hybridized carbons (Fsp3) is 0.250. The Hall–Kier alpha value is -3.18. The van der Waals surface area contributed by atoms with E-state index in [9.17, 15) is 0 Å². The van der Waals surface area contributed by atoms with Crippen LogP contribution in [0.3, 0.4) is 0 Å². The number of hydrogen-bond donors (Lipinski definition) is 4. The SMILES string of the molecule is N=Nc1ncc(-c2cnn(C3CNC3)c2)nc1NCc1cc2[nH]ncc2s1. The molecule has 0 spiro atoms. The van der Waals surface area contributed by atoms with Crippen LogP contribution in [-0.2, 0) is 6.54 Å². The van der Waals surface area contributed by atoms with Gasteiger partial charge in [0, 0.05) is 29.7 Å². The summed E-state index contributed by atoms with van der Waals surface area (Å²) in [7, 11) is 0. The summed E-state index contributed by atoms with van der Waals surface area (Å²) in [6.45, 7) is 2.43. The molecule has 0 unspecified atom stereocenters. The molecule has 0 bridgehead atoms. The van der Waals surface area contributed by atoms with Gasteiger partial charge in [-0.1, -0.05) is 0 Å². The van der Waals surface area contributed by atoms with Crippen LogP contribution in [0.25, 0.3) is 21.5 Å². The Bertz CT molecular complexity index is 1080. The van der Waals surface area contributed by atoms with Gasteiger partial charge in [-0.05, 0) is 6.07 Å². The summed E-state index contributed by atoms with van der Waals surface area (Å²) in [5, 5.41) is 21.3. The molecular formula is C16H16N10S. The van der Waals surface area contributed by atoms with Crippen LogP contribution in [0, 0.1) is 5.53 Å². The molecule has 1 aliphatic rings. The van der Waals surface area contributed by atoms with Gasteiger partial charge < -0.3 is 10.6 Å². The second-order valence-electron chi connectivity index (χ2n) is 6.27. The number of anilines is 1. The summed E-state index contributed by atoms with van der Waals surface area (Å²) >= 11 is 1.65. The number of aromatic nitrogens is 6. The topological polar surface area (TPSA) is 133 Å². The fourth-order valence-corrected chi connectivity index (χ4v) is 3.84. The zero-order valence-corrected chi connectivity index (χ0v) is 15.0. The van der Waals surface area contributed by atoms with Crippen LogP contribution in [0.2, 0.25) is 0 Å².